The number of carbonyl (C=O) groups is 2. The Morgan fingerprint density at radius 2 is 2.05 bits per heavy atom. The SMILES string of the molecule is O=C(O)CC(NC(=O)C1CCCCS1)c1ccccc1. The van der Waals surface area contributed by atoms with Crippen LogP contribution >= 0.6 is 11.8 Å². The molecule has 4 nitrogen and oxygen atoms in total. The van der Waals surface area contributed by atoms with Crippen LogP contribution in [0.3, 0.4) is 0 Å². The second kappa shape index (κ2) is 7.33. The van der Waals surface area contributed by atoms with Gasteiger partial charge in [0, 0.05) is 0 Å². The van der Waals surface area contributed by atoms with E-state index >= 15 is 0 Å². The second-order valence-corrected chi connectivity index (χ2v) is 6.24. The molecule has 20 heavy (non-hydrogen) atoms. The van der Waals surface area contributed by atoms with Crippen molar-refractivity contribution in [2.45, 2.75) is 37.0 Å². The zero-order valence-corrected chi connectivity index (χ0v) is 12.1. The standard InChI is InChI=1S/C15H19NO3S/c17-14(18)10-12(11-6-2-1-3-7-11)16-15(19)13-8-4-5-9-20-13/h1-3,6-7,12-13H,4-5,8-10H2,(H,16,19)(H,17,18). The number of thioether (sulfide) groups is 1. The average Bonchev–Trinajstić information content (AvgIpc) is 2.48. The van der Waals surface area contributed by atoms with Crippen molar-refractivity contribution in [1.82, 2.24) is 5.32 Å². The molecule has 0 spiro atoms. The minimum absolute atomic E-state index is 0.0372. The molecule has 1 saturated heterocycles. The third-order valence-corrected chi connectivity index (χ3v) is 4.75. The lowest BCUT2D eigenvalue weighted by Gasteiger charge is -2.24. The molecule has 1 amide bonds. The highest BCUT2D eigenvalue weighted by atomic mass is 32.2. The molecule has 0 radical (unpaired) electrons. The third kappa shape index (κ3) is 4.27. The molecule has 2 N–H and O–H groups in total. The van der Waals surface area contributed by atoms with Gasteiger partial charge in [-0.3, -0.25) is 9.59 Å². The number of hydrogen-bond acceptors (Lipinski definition) is 3. The van der Waals surface area contributed by atoms with Gasteiger partial charge >= 0.3 is 5.97 Å². The number of hydrogen-bond donors (Lipinski definition) is 2. The number of carboxylic acid groups (broad SMARTS) is 1. The summed E-state index contributed by atoms with van der Waals surface area (Å²) in [5.74, 6) is 0.0628. The molecule has 1 aromatic rings. The minimum atomic E-state index is -0.907. The van der Waals surface area contributed by atoms with Gasteiger partial charge in [0.25, 0.3) is 0 Å². The highest BCUT2D eigenvalue weighted by molar-refractivity contribution is 8.00. The van der Waals surface area contributed by atoms with Crippen LogP contribution in [0, 0.1) is 0 Å². The number of aliphatic carboxylic acids is 1. The molecular weight excluding hydrogens is 274 g/mol. The van der Waals surface area contributed by atoms with Crippen LogP contribution < -0.4 is 5.32 Å². The summed E-state index contributed by atoms with van der Waals surface area (Å²) in [7, 11) is 0. The normalized spacial score (nSPS) is 20.1. The van der Waals surface area contributed by atoms with Crippen LogP contribution in [0.1, 0.15) is 37.3 Å². The largest absolute Gasteiger partial charge is 0.481 e. The predicted octanol–water partition coefficient (Wildman–Crippen LogP) is 2.60. The van der Waals surface area contributed by atoms with Crippen molar-refractivity contribution in [3.05, 3.63) is 35.9 Å². The summed E-state index contributed by atoms with van der Waals surface area (Å²) in [6, 6.07) is 8.82. The van der Waals surface area contributed by atoms with E-state index in [4.69, 9.17) is 5.11 Å². The van der Waals surface area contributed by atoms with Crippen LogP contribution in [0.4, 0.5) is 0 Å². The van der Waals surface area contributed by atoms with Gasteiger partial charge in [0.2, 0.25) is 5.91 Å². The van der Waals surface area contributed by atoms with Crippen LogP contribution in [-0.2, 0) is 9.59 Å². The summed E-state index contributed by atoms with van der Waals surface area (Å²) < 4.78 is 0. The number of rotatable bonds is 5. The fraction of sp³-hybridized carbons (Fsp3) is 0.467. The molecular formula is C15H19NO3S. The van der Waals surface area contributed by atoms with Crippen molar-refractivity contribution in [3.8, 4) is 0 Å². The molecule has 0 saturated carbocycles. The van der Waals surface area contributed by atoms with Gasteiger partial charge < -0.3 is 10.4 Å². The average molecular weight is 293 g/mol. The predicted molar refractivity (Wildman–Crippen MR) is 79.7 cm³/mol. The summed E-state index contributed by atoms with van der Waals surface area (Å²) in [6.45, 7) is 0. The lowest BCUT2D eigenvalue weighted by Crippen LogP contribution is -2.37. The zero-order chi connectivity index (χ0) is 14.4. The quantitative estimate of drug-likeness (QED) is 0.875. The van der Waals surface area contributed by atoms with E-state index in [2.05, 4.69) is 5.32 Å². The van der Waals surface area contributed by atoms with E-state index in [9.17, 15) is 9.59 Å². The summed E-state index contributed by atoms with van der Waals surface area (Å²) in [6.07, 6.45) is 3.02. The number of benzene rings is 1. The summed E-state index contributed by atoms with van der Waals surface area (Å²) in [5.41, 5.74) is 0.837. The Hall–Kier alpha value is -1.49. The second-order valence-electron chi connectivity index (χ2n) is 4.92. The number of amides is 1. The fourth-order valence-corrected chi connectivity index (χ4v) is 3.53. The van der Waals surface area contributed by atoms with Gasteiger partial charge in [-0.05, 0) is 24.2 Å². The summed E-state index contributed by atoms with van der Waals surface area (Å²) in [5, 5.41) is 11.9. The van der Waals surface area contributed by atoms with E-state index in [0.29, 0.717) is 0 Å². The van der Waals surface area contributed by atoms with Gasteiger partial charge in [-0.1, -0.05) is 36.8 Å². The Morgan fingerprint density at radius 3 is 2.65 bits per heavy atom. The first kappa shape index (κ1) is 14.9. The highest BCUT2D eigenvalue weighted by Crippen LogP contribution is 2.26. The molecule has 0 bridgehead atoms. The van der Waals surface area contributed by atoms with Crippen LogP contribution in [-0.4, -0.2) is 28.0 Å². The molecule has 1 heterocycles. The minimum Gasteiger partial charge on any atom is -0.481 e. The Balaban J connectivity index is 2.03. The van der Waals surface area contributed by atoms with E-state index in [-0.39, 0.29) is 17.6 Å². The van der Waals surface area contributed by atoms with Crippen LogP contribution in [0.15, 0.2) is 30.3 Å². The maximum Gasteiger partial charge on any atom is 0.305 e. The van der Waals surface area contributed by atoms with E-state index in [0.717, 1.165) is 30.6 Å². The van der Waals surface area contributed by atoms with Crippen molar-refractivity contribution in [3.63, 3.8) is 0 Å². The molecule has 0 aromatic heterocycles. The van der Waals surface area contributed by atoms with Crippen molar-refractivity contribution in [2.75, 3.05) is 5.75 Å². The van der Waals surface area contributed by atoms with Gasteiger partial charge in [0.05, 0.1) is 17.7 Å². The Kier molecular flexibility index (Phi) is 5.47. The lowest BCUT2D eigenvalue weighted by atomic mass is 10.0. The monoisotopic (exact) mass is 293 g/mol. The van der Waals surface area contributed by atoms with Crippen LogP contribution in [0.25, 0.3) is 0 Å². The smallest absolute Gasteiger partial charge is 0.305 e. The molecule has 1 aliphatic heterocycles. The zero-order valence-electron chi connectivity index (χ0n) is 11.2. The summed E-state index contributed by atoms with van der Waals surface area (Å²) >= 11 is 1.67. The van der Waals surface area contributed by atoms with E-state index in [1.54, 1.807) is 11.8 Å². The first-order chi connectivity index (χ1) is 9.66. The molecule has 2 atom stereocenters. The number of carbonyl (C=O) groups excluding carboxylic acids is 1. The van der Waals surface area contributed by atoms with Gasteiger partial charge in [-0.25, -0.2) is 0 Å². The molecule has 2 unspecified atom stereocenters. The molecule has 0 aliphatic carbocycles. The fourth-order valence-electron chi connectivity index (χ4n) is 2.32. The topological polar surface area (TPSA) is 66.4 Å². The van der Waals surface area contributed by atoms with E-state index in [1.165, 1.54) is 0 Å². The molecule has 1 aromatic carbocycles. The first-order valence-corrected chi connectivity index (χ1v) is 7.90. The van der Waals surface area contributed by atoms with Crippen molar-refractivity contribution in [1.29, 1.82) is 0 Å². The molecule has 1 fully saturated rings. The van der Waals surface area contributed by atoms with Crippen molar-refractivity contribution >= 4 is 23.6 Å². The molecule has 5 heteroatoms. The third-order valence-electron chi connectivity index (χ3n) is 3.37. The molecule has 2 rings (SSSR count). The van der Waals surface area contributed by atoms with Crippen LogP contribution in [0.5, 0.6) is 0 Å². The van der Waals surface area contributed by atoms with Crippen molar-refractivity contribution in [2.24, 2.45) is 0 Å². The van der Waals surface area contributed by atoms with Gasteiger partial charge in [0.15, 0.2) is 0 Å². The summed E-state index contributed by atoms with van der Waals surface area (Å²) in [4.78, 5) is 23.2. The highest BCUT2D eigenvalue weighted by Gasteiger charge is 2.25. The van der Waals surface area contributed by atoms with E-state index < -0.39 is 12.0 Å². The van der Waals surface area contributed by atoms with Crippen LogP contribution in [0.2, 0.25) is 0 Å². The maximum absolute atomic E-state index is 12.2. The number of nitrogens with one attached hydrogen (secondary N) is 1. The number of carboxylic acids is 1. The van der Waals surface area contributed by atoms with Gasteiger partial charge in [-0.2, -0.15) is 0 Å². The van der Waals surface area contributed by atoms with Crippen molar-refractivity contribution < 1.29 is 14.7 Å². The van der Waals surface area contributed by atoms with Gasteiger partial charge in [0.1, 0.15) is 0 Å². The first-order valence-electron chi connectivity index (χ1n) is 6.85. The molecule has 108 valence electrons. The van der Waals surface area contributed by atoms with Gasteiger partial charge in [-0.15, -0.1) is 11.8 Å². The maximum atomic E-state index is 12.2. The van der Waals surface area contributed by atoms with E-state index in [1.807, 2.05) is 30.3 Å². The Labute approximate surface area is 123 Å². The molecule has 1 aliphatic rings. The Bertz CT molecular complexity index is 457. The lowest BCUT2D eigenvalue weighted by molar-refractivity contribution is -0.137. The Morgan fingerprint density at radius 1 is 1.30 bits per heavy atom.